The van der Waals surface area contributed by atoms with Crippen molar-refractivity contribution >= 4 is 22.8 Å². The number of benzene rings is 1. The number of nitrogens with zero attached hydrogens (tertiary/aromatic N) is 3. The molecule has 2 aliphatic heterocycles. The van der Waals surface area contributed by atoms with Crippen molar-refractivity contribution in [1.82, 2.24) is 19.4 Å². The molecule has 0 radical (unpaired) electrons. The maximum atomic E-state index is 13.2. The molecule has 2 aliphatic rings. The summed E-state index contributed by atoms with van der Waals surface area (Å²) in [5.41, 5.74) is 2.19. The number of H-pyrrole nitrogens is 1. The van der Waals surface area contributed by atoms with Crippen molar-refractivity contribution in [2.75, 3.05) is 26.2 Å². The van der Waals surface area contributed by atoms with Gasteiger partial charge in [0.05, 0.1) is 28.8 Å². The minimum Gasteiger partial charge on any atom is -0.472 e. The number of furan rings is 1. The van der Waals surface area contributed by atoms with Crippen LogP contribution in [0.25, 0.3) is 11.0 Å². The number of nitrogens with one attached hydrogen (secondary N) is 1. The summed E-state index contributed by atoms with van der Waals surface area (Å²) in [5, 5.41) is 0. The van der Waals surface area contributed by atoms with Crippen LogP contribution in [0.3, 0.4) is 0 Å². The maximum Gasteiger partial charge on any atom is 0.326 e. The van der Waals surface area contributed by atoms with Crippen molar-refractivity contribution in [3.05, 3.63) is 58.9 Å². The number of carbonyl (C=O) groups is 2. The predicted molar refractivity (Wildman–Crippen MR) is 115 cm³/mol. The van der Waals surface area contributed by atoms with Crippen LogP contribution in [0.2, 0.25) is 0 Å². The van der Waals surface area contributed by atoms with Gasteiger partial charge in [-0.05, 0) is 43.9 Å². The summed E-state index contributed by atoms with van der Waals surface area (Å²) < 4.78 is 6.86. The number of rotatable bonds is 3. The molecule has 1 atom stereocenters. The first-order valence-corrected chi connectivity index (χ1v) is 10.9. The number of hydrogen-bond acceptors (Lipinski definition) is 4. The van der Waals surface area contributed by atoms with Gasteiger partial charge in [-0.3, -0.25) is 14.2 Å². The molecule has 2 amide bonds. The summed E-state index contributed by atoms with van der Waals surface area (Å²) in [4.78, 5) is 44.9. The molecule has 2 aromatic heterocycles. The first-order valence-electron chi connectivity index (χ1n) is 10.9. The second kappa shape index (κ2) is 8.09. The van der Waals surface area contributed by atoms with Gasteiger partial charge in [0.2, 0.25) is 5.91 Å². The number of carbonyl (C=O) groups excluding carboxylic acids is 2. The number of likely N-dealkylation sites (tertiary alicyclic amines) is 2. The highest BCUT2D eigenvalue weighted by molar-refractivity contribution is 5.94. The summed E-state index contributed by atoms with van der Waals surface area (Å²) in [5.74, 6) is -0.130. The van der Waals surface area contributed by atoms with Gasteiger partial charge in [0.15, 0.2) is 0 Å². The molecule has 1 N–H and O–H groups in total. The van der Waals surface area contributed by atoms with Crippen molar-refractivity contribution in [3.63, 3.8) is 0 Å². The first-order chi connectivity index (χ1) is 15.1. The first kappa shape index (κ1) is 19.7. The number of aromatic amines is 1. The highest BCUT2D eigenvalue weighted by Crippen LogP contribution is 2.27. The van der Waals surface area contributed by atoms with Gasteiger partial charge >= 0.3 is 5.69 Å². The Hall–Kier alpha value is -3.29. The molecule has 0 spiro atoms. The maximum absolute atomic E-state index is 13.2. The molecule has 8 nitrogen and oxygen atoms in total. The summed E-state index contributed by atoms with van der Waals surface area (Å²) in [6.45, 7) is 2.37. The van der Waals surface area contributed by atoms with Crippen LogP contribution in [0.1, 0.15) is 42.1 Å². The molecule has 0 unspecified atom stereocenters. The smallest absolute Gasteiger partial charge is 0.326 e. The summed E-state index contributed by atoms with van der Waals surface area (Å²) in [6.07, 6.45) is 6.06. The lowest BCUT2D eigenvalue weighted by atomic mass is 9.94. The van der Waals surface area contributed by atoms with Crippen LogP contribution >= 0.6 is 0 Å². The Morgan fingerprint density at radius 2 is 1.81 bits per heavy atom. The molecular formula is C23H26N4O4. The van der Waals surface area contributed by atoms with E-state index in [0.29, 0.717) is 31.7 Å². The Kier molecular flexibility index (Phi) is 5.13. The van der Waals surface area contributed by atoms with Crippen LogP contribution in [0.15, 0.2) is 52.1 Å². The average molecular weight is 422 g/mol. The predicted octanol–water partition coefficient (Wildman–Crippen LogP) is 2.64. The fourth-order valence-corrected chi connectivity index (χ4v) is 4.97. The molecule has 2 saturated heterocycles. The number of fused-ring (bicyclic) bond motifs is 1. The van der Waals surface area contributed by atoms with Gasteiger partial charge in [0.1, 0.15) is 6.26 Å². The summed E-state index contributed by atoms with van der Waals surface area (Å²) in [6, 6.07) is 9.45. The minimum atomic E-state index is -0.169. The highest BCUT2D eigenvalue weighted by atomic mass is 16.3. The fourth-order valence-electron chi connectivity index (χ4n) is 4.97. The Bertz CT molecular complexity index is 1140. The van der Waals surface area contributed by atoms with Crippen molar-refractivity contribution in [2.45, 2.75) is 31.7 Å². The molecule has 8 heteroatoms. The van der Waals surface area contributed by atoms with Gasteiger partial charge in [-0.15, -0.1) is 0 Å². The van der Waals surface area contributed by atoms with E-state index in [4.69, 9.17) is 4.42 Å². The third-order valence-corrected chi connectivity index (χ3v) is 6.59. The second-order valence-electron chi connectivity index (χ2n) is 8.48. The van der Waals surface area contributed by atoms with Crippen LogP contribution < -0.4 is 5.69 Å². The number of amides is 2. The number of para-hydroxylation sites is 2. The van der Waals surface area contributed by atoms with Gasteiger partial charge in [0.25, 0.3) is 5.91 Å². The lowest BCUT2D eigenvalue weighted by Gasteiger charge is -2.38. The average Bonchev–Trinajstić information content (AvgIpc) is 3.46. The minimum absolute atomic E-state index is 0.0799. The Balaban J connectivity index is 1.23. The summed E-state index contributed by atoms with van der Waals surface area (Å²) in [7, 11) is 0. The number of aromatic nitrogens is 2. The topological polar surface area (TPSA) is 91.6 Å². The Morgan fingerprint density at radius 1 is 1.00 bits per heavy atom. The quantitative estimate of drug-likeness (QED) is 0.702. The van der Waals surface area contributed by atoms with E-state index in [-0.39, 0.29) is 29.5 Å². The lowest BCUT2D eigenvalue weighted by molar-refractivity contribution is -0.138. The van der Waals surface area contributed by atoms with E-state index in [1.807, 2.05) is 33.7 Å². The van der Waals surface area contributed by atoms with E-state index < -0.39 is 0 Å². The van der Waals surface area contributed by atoms with E-state index in [2.05, 4.69) is 4.98 Å². The number of hydrogen-bond donors (Lipinski definition) is 1. The van der Waals surface area contributed by atoms with Gasteiger partial charge in [-0.1, -0.05) is 12.1 Å². The molecule has 1 aromatic carbocycles. The van der Waals surface area contributed by atoms with E-state index in [0.717, 1.165) is 36.7 Å². The fraction of sp³-hybridized carbons (Fsp3) is 0.435. The van der Waals surface area contributed by atoms with Gasteiger partial charge < -0.3 is 19.2 Å². The largest absolute Gasteiger partial charge is 0.472 e. The number of piperidine rings is 2. The number of imidazole rings is 1. The molecule has 0 bridgehead atoms. The van der Waals surface area contributed by atoms with Crippen molar-refractivity contribution in [2.24, 2.45) is 5.92 Å². The van der Waals surface area contributed by atoms with Gasteiger partial charge in [-0.2, -0.15) is 0 Å². The molecule has 5 rings (SSSR count). The van der Waals surface area contributed by atoms with Crippen LogP contribution in [0.4, 0.5) is 0 Å². The molecule has 2 fully saturated rings. The molecule has 0 aliphatic carbocycles. The standard InChI is InChI=1S/C23H26N4O4/c28-21(16-4-3-10-26(14-16)22(29)17-9-13-31-15-17)25-11-7-18(8-12-25)27-20-6-2-1-5-19(20)24-23(27)30/h1-2,5-6,9,13,15-16,18H,3-4,7-8,10-12,14H2,(H,24,30)/t16-/m0/s1. The molecule has 162 valence electrons. The van der Waals surface area contributed by atoms with Crippen LogP contribution in [0.5, 0.6) is 0 Å². The second-order valence-corrected chi connectivity index (χ2v) is 8.48. The van der Waals surface area contributed by atoms with E-state index >= 15 is 0 Å². The van der Waals surface area contributed by atoms with Crippen molar-refractivity contribution in [3.8, 4) is 0 Å². The van der Waals surface area contributed by atoms with E-state index in [9.17, 15) is 14.4 Å². The zero-order chi connectivity index (χ0) is 21.4. The van der Waals surface area contributed by atoms with E-state index in [1.54, 1.807) is 11.0 Å². The lowest BCUT2D eigenvalue weighted by Crippen LogP contribution is -2.49. The molecule has 4 heterocycles. The molecule has 31 heavy (non-hydrogen) atoms. The van der Waals surface area contributed by atoms with E-state index in [1.165, 1.54) is 12.5 Å². The SMILES string of the molecule is O=C(c1ccoc1)N1CCC[C@H](C(=O)N2CCC(n3c(=O)[nH]c4ccccc43)CC2)C1. The van der Waals surface area contributed by atoms with Crippen LogP contribution in [-0.2, 0) is 4.79 Å². The molecule has 3 aromatic rings. The van der Waals surface area contributed by atoms with Crippen LogP contribution in [-0.4, -0.2) is 57.3 Å². The molecule has 0 saturated carbocycles. The molecular weight excluding hydrogens is 396 g/mol. The third kappa shape index (κ3) is 3.66. The zero-order valence-electron chi connectivity index (χ0n) is 17.3. The van der Waals surface area contributed by atoms with Crippen molar-refractivity contribution < 1.29 is 14.0 Å². The van der Waals surface area contributed by atoms with Crippen molar-refractivity contribution in [1.29, 1.82) is 0 Å². The van der Waals surface area contributed by atoms with Crippen LogP contribution in [0, 0.1) is 5.92 Å². The third-order valence-electron chi connectivity index (χ3n) is 6.59. The summed E-state index contributed by atoms with van der Waals surface area (Å²) >= 11 is 0. The normalized spacial score (nSPS) is 20.3. The Labute approximate surface area is 179 Å². The Morgan fingerprint density at radius 3 is 2.58 bits per heavy atom. The highest BCUT2D eigenvalue weighted by Gasteiger charge is 2.34. The monoisotopic (exact) mass is 422 g/mol. The zero-order valence-corrected chi connectivity index (χ0v) is 17.3. The van der Waals surface area contributed by atoms with Gasteiger partial charge in [0, 0.05) is 32.2 Å². The van der Waals surface area contributed by atoms with Gasteiger partial charge in [-0.25, -0.2) is 4.79 Å².